The molecule has 0 fully saturated rings. The van der Waals surface area contributed by atoms with Gasteiger partial charge in [0.1, 0.15) is 5.75 Å². The van der Waals surface area contributed by atoms with Gasteiger partial charge in [0.2, 0.25) is 5.91 Å². The number of carboxylic acid groups (broad SMARTS) is 1. The second-order valence-electron chi connectivity index (χ2n) is 5.80. The first kappa shape index (κ1) is 17.0. The summed E-state index contributed by atoms with van der Waals surface area (Å²) in [6.45, 7) is 6.12. The summed E-state index contributed by atoms with van der Waals surface area (Å²) in [4.78, 5) is 22.9. The molecule has 1 amide bonds. The third-order valence-electron chi connectivity index (χ3n) is 2.89. The van der Waals surface area contributed by atoms with Crippen molar-refractivity contribution in [2.75, 3.05) is 11.9 Å². The monoisotopic (exact) mass is 293 g/mol. The molecule has 0 unspecified atom stereocenters. The maximum absolute atomic E-state index is 12.1. The van der Waals surface area contributed by atoms with E-state index in [1.165, 1.54) is 0 Å². The van der Waals surface area contributed by atoms with E-state index in [1.807, 2.05) is 19.1 Å². The van der Waals surface area contributed by atoms with Crippen LogP contribution >= 0.6 is 0 Å². The average Bonchev–Trinajstić information content (AvgIpc) is 2.35. The zero-order chi connectivity index (χ0) is 15.9. The minimum atomic E-state index is -0.903. The zero-order valence-electron chi connectivity index (χ0n) is 12.8. The number of anilines is 1. The molecule has 0 radical (unpaired) electrons. The first-order valence-electron chi connectivity index (χ1n) is 7.07. The van der Waals surface area contributed by atoms with Crippen LogP contribution in [0, 0.1) is 5.41 Å². The van der Waals surface area contributed by atoms with Gasteiger partial charge in [-0.15, -0.1) is 0 Å². The van der Waals surface area contributed by atoms with Crippen molar-refractivity contribution in [3.63, 3.8) is 0 Å². The van der Waals surface area contributed by atoms with Crippen LogP contribution in [-0.2, 0) is 9.59 Å². The summed E-state index contributed by atoms with van der Waals surface area (Å²) < 4.78 is 5.57. The molecule has 116 valence electrons. The molecule has 2 N–H and O–H groups in total. The molecule has 0 heterocycles. The van der Waals surface area contributed by atoms with E-state index in [4.69, 9.17) is 9.84 Å². The van der Waals surface area contributed by atoms with Crippen LogP contribution in [-0.4, -0.2) is 23.6 Å². The molecule has 0 aromatic heterocycles. The number of carbonyl (C=O) groups excluding carboxylic acids is 1. The Bertz CT molecular complexity index is 497. The predicted molar refractivity (Wildman–Crippen MR) is 81.5 cm³/mol. The fraction of sp³-hybridized carbons (Fsp3) is 0.500. The van der Waals surface area contributed by atoms with Gasteiger partial charge in [0.05, 0.1) is 18.7 Å². The number of nitrogens with one attached hydrogen (secondary N) is 1. The van der Waals surface area contributed by atoms with E-state index in [-0.39, 0.29) is 18.7 Å². The fourth-order valence-corrected chi connectivity index (χ4v) is 2.01. The molecule has 0 saturated heterocycles. The Morgan fingerprint density at radius 2 is 1.90 bits per heavy atom. The summed E-state index contributed by atoms with van der Waals surface area (Å²) in [5.41, 5.74) is 0.0249. The molecule has 0 aliphatic carbocycles. The van der Waals surface area contributed by atoms with Gasteiger partial charge in [0, 0.05) is 6.42 Å². The molecule has 0 saturated carbocycles. The van der Waals surface area contributed by atoms with Gasteiger partial charge in [-0.1, -0.05) is 32.9 Å². The van der Waals surface area contributed by atoms with Crippen LogP contribution in [0.1, 0.15) is 40.0 Å². The van der Waals surface area contributed by atoms with Gasteiger partial charge in [-0.25, -0.2) is 0 Å². The lowest BCUT2D eigenvalue weighted by Gasteiger charge is -2.22. The lowest BCUT2D eigenvalue weighted by Crippen LogP contribution is -2.25. The van der Waals surface area contributed by atoms with E-state index in [2.05, 4.69) is 5.32 Å². The number of para-hydroxylation sites is 2. The number of carboxylic acids is 1. The van der Waals surface area contributed by atoms with Crippen molar-refractivity contribution < 1.29 is 19.4 Å². The first-order chi connectivity index (χ1) is 9.84. The van der Waals surface area contributed by atoms with Crippen LogP contribution < -0.4 is 10.1 Å². The maximum atomic E-state index is 12.1. The highest BCUT2D eigenvalue weighted by Crippen LogP contribution is 2.28. The summed E-state index contributed by atoms with van der Waals surface area (Å²) in [6.07, 6.45) is 0.976. The molecule has 5 heteroatoms. The predicted octanol–water partition coefficient (Wildman–Crippen LogP) is 3.30. The SMILES string of the molecule is CCCOc1ccccc1NC(=O)CC(C)(C)CC(=O)O. The van der Waals surface area contributed by atoms with Crippen LogP contribution in [0.2, 0.25) is 0 Å². The van der Waals surface area contributed by atoms with E-state index >= 15 is 0 Å². The molecule has 1 aromatic rings. The highest BCUT2D eigenvalue weighted by atomic mass is 16.5. The first-order valence-corrected chi connectivity index (χ1v) is 7.07. The Kier molecular flexibility index (Phi) is 6.21. The molecule has 1 aromatic carbocycles. The van der Waals surface area contributed by atoms with E-state index < -0.39 is 11.4 Å². The Balaban J connectivity index is 2.68. The number of hydrogen-bond acceptors (Lipinski definition) is 3. The van der Waals surface area contributed by atoms with Gasteiger partial charge in [-0.2, -0.15) is 0 Å². The highest BCUT2D eigenvalue weighted by molar-refractivity contribution is 5.92. The van der Waals surface area contributed by atoms with E-state index in [1.54, 1.807) is 26.0 Å². The largest absolute Gasteiger partial charge is 0.491 e. The average molecular weight is 293 g/mol. The van der Waals surface area contributed by atoms with Crippen molar-refractivity contribution in [3.05, 3.63) is 24.3 Å². The van der Waals surface area contributed by atoms with Crippen LogP contribution in [0.5, 0.6) is 5.75 Å². The topological polar surface area (TPSA) is 75.6 Å². The third-order valence-corrected chi connectivity index (χ3v) is 2.89. The van der Waals surface area contributed by atoms with Gasteiger partial charge >= 0.3 is 5.97 Å². The van der Waals surface area contributed by atoms with Crippen molar-refractivity contribution in [2.45, 2.75) is 40.0 Å². The molecule has 0 atom stereocenters. The quantitative estimate of drug-likeness (QED) is 0.771. The number of aliphatic carboxylic acids is 1. The fourth-order valence-electron chi connectivity index (χ4n) is 2.01. The van der Waals surface area contributed by atoms with Gasteiger partial charge in [-0.05, 0) is 24.0 Å². The van der Waals surface area contributed by atoms with E-state index in [9.17, 15) is 9.59 Å². The van der Waals surface area contributed by atoms with E-state index in [0.29, 0.717) is 18.0 Å². The van der Waals surface area contributed by atoms with Gasteiger partial charge in [0.25, 0.3) is 0 Å². The number of benzene rings is 1. The second-order valence-corrected chi connectivity index (χ2v) is 5.80. The Morgan fingerprint density at radius 3 is 2.52 bits per heavy atom. The lowest BCUT2D eigenvalue weighted by atomic mass is 9.85. The normalized spacial score (nSPS) is 11.0. The number of rotatable bonds is 8. The van der Waals surface area contributed by atoms with Gasteiger partial charge in [-0.3, -0.25) is 9.59 Å². The molecular formula is C16H23NO4. The lowest BCUT2D eigenvalue weighted by molar-refractivity contribution is -0.139. The van der Waals surface area contributed by atoms with Gasteiger partial charge < -0.3 is 15.2 Å². The van der Waals surface area contributed by atoms with Crippen LogP contribution in [0.15, 0.2) is 24.3 Å². The van der Waals surface area contributed by atoms with Crippen molar-refractivity contribution in [1.29, 1.82) is 0 Å². The minimum Gasteiger partial charge on any atom is -0.491 e. The summed E-state index contributed by atoms with van der Waals surface area (Å²) in [6, 6.07) is 7.23. The van der Waals surface area contributed by atoms with Crippen molar-refractivity contribution >= 4 is 17.6 Å². The van der Waals surface area contributed by atoms with Crippen molar-refractivity contribution in [3.8, 4) is 5.75 Å². The molecule has 5 nitrogen and oxygen atoms in total. The minimum absolute atomic E-state index is 0.0472. The van der Waals surface area contributed by atoms with Crippen LogP contribution in [0.4, 0.5) is 5.69 Å². The maximum Gasteiger partial charge on any atom is 0.303 e. The number of carbonyl (C=O) groups is 2. The molecular weight excluding hydrogens is 270 g/mol. The highest BCUT2D eigenvalue weighted by Gasteiger charge is 2.25. The number of ether oxygens (including phenoxy) is 1. The van der Waals surface area contributed by atoms with Crippen molar-refractivity contribution in [2.24, 2.45) is 5.41 Å². The second kappa shape index (κ2) is 7.67. The molecule has 0 spiro atoms. The summed E-state index contributed by atoms with van der Waals surface area (Å²) >= 11 is 0. The smallest absolute Gasteiger partial charge is 0.303 e. The Morgan fingerprint density at radius 1 is 1.24 bits per heavy atom. The standard InChI is InChI=1S/C16H23NO4/c1-4-9-21-13-8-6-5-7-12(13)17-14(18)10-16(2,3)11-15(19)20/h5-8H,4,9-11H2,1-3H3,(H,17,18)(H,19,20). The molecule has 0 aliphatic rings. The Labute approximate surface area is 125 Å². The van der Waals surface area contributed by atoms with Crippen LogP contribution in [0.3, 0.4) is 0 Å². The third kappa shape index (κ3) is 6.29. The number of hydrogen-bond donors (Lipinski definition) is 2. The molecule has 0 bridgehead atoms. The molecule has 21 heavy (non-hydrogen) atoms. The zero-order valence-corrected chi connectivity index (χ0v) is 12.8. The summed E-state index contributed by atoms with van der Waals surface area (Å²) in [5.74, 6) is -0.489. The van der Waals surface area contributed by atoms with Crippen molar-refractivity contribution in [1.82, 2.24) is 0 Å². The molecule has 1 rings (SSSR count). The van der Waals surface area contributed by atoms with Gasteiger partial charge in [0.15, 0.2) is 0 Å². The van der Waals surface area contributed by atoms with E-state index in [0.717, 1.165) is 6.42 Å². The summed E-state index contributed by atoms with van der Waals surface area (Å²) in [7, 11) is 0. The number of amides is 1. The summed E-state index contributed by atoms with van der Waals surface area (Å²) in [5, 5.41) is 11.6. The Hall–Kier alpha value is -2.04. The molecule has 0 aliphatic heterocycles. The van der Waals surface area contributed by atoms with Crippen LogP contribution in [0.25, 0.3) is 0 Å².